The third-order valence-corrected chi connectivity index (χ3v) is 7.88. The number of hydrogen-bond donors (Lipinski definition) is 1. The number of anilines is 1. The summed E-state index contributed by atoms with van der Waals surface area (Å²) in [5.41, 5.74) is 1.79. The number of benzene rings is 2. The van der Waals surface area contributed by atoms with E-state index in [4.69, 9.17) is 0 Å². The normalized spacial score (nSPS) is 18.9. The fourth-order valence-electron chi connectivity index (χ4n) is 4.40. The third-order valence-electron chi connectivity index (χ3n) is 5.99. The van der Waals surface area contributed by atoms with Gasteiger partial charge in [-0.15, -0.1) is 0 Å². The molecule has 1 atom stereocenters. The molecule has 32 heavy (non-hydrogen) atoms. The molecule has 1 fully saturated rings. The summed E-state index contributed by atoms with van der Waals surface area (Å²) in [6, 6.07) is 9.83. The van der Waals surface area contributed by atoms with Crippen LogP contribution in [0.25, 0.3) is 0 Å². The SMILES string of the molecule is CC(=O)N1c2ccc(S(=O)(=O)N3CCCCC3)cc2C[C@H]1C(=O)NCc1cccc(F)c1. The molecule has 2 amide bonds. The molecule has 4 rings (SSSR count). The second-order valence-corrected chi connectivity index (χ2v) is 10.1. The standard InChI is InChI=1S/C23H26FN3O4S/c1-16(28)27-21-9-8-20(32(30,31)26-10-3-2-4-11-26)13-18(21)14-22(27)23(29)25-15-17-6-5-7-19(24)12-17/h5-9,12-13,22H,2-4,10-11,14-15H2,1H3,(H,25,29)/t22-/m0/s1. The van der Waals surface area contributed by atoms with Crippen LogP contribution in [0.1, 0.15) is 37.3 Å². The lowest BCUT2D eigenvalue weighted by Gasteiger charge is -2.26. The van der Waals surface area contributed by atoms with Crippen molar-refractivity contribution in [2.45, 2.75) is 50.1 Å². The Morgan fingerprint density at radius 1 is 1.09 bits per heavy atom. The summed E-state index contributed by atoms with van der Waals surface area (Å²) in [6.07, 6.45) is 2.93. The van der Waals surface area contributed by atoms with Gasteiger partial charge in [0.25, 0.3) is 0 Å². The molecule has 1 saturated heterocycles. The summed E-state index contributed by atoms with van der Waals surface area (Å²) in [4.78, 5) is 26.8. The van der Waals surface area contributed by atoms with Gasteiger partial charge in [-0.2, -0.15) is 4.31 Å². The topological polar surface area (TPSA) is 86.8 Å². The Morgan fingerprint density at radius 2 is 1.84 bits per heavy atom. The maximum atomic E-state index is 13.4. The van der Waals surface area contributed by atoms with E-state index in [-0.39, 0.29) is 29.7 Å². The lowest BCUT2D eigenvalue weighted by molar-refractivity contribution is -0.125. The summed E-state index contributed by atoms with van der Waals surface area (Å²) in [5.74, 6) is -1.07. The average Bonchev–Trinajstić information content (AvgIpc) is 3.17. The van der Waals surface area contributed by atoms with E-state index < -0.39 is 21.9 Å². The summed E-state index contributed by atoms with van der Waals surface area (Å²) < 4.78 is 41.0. The number of sulfonamides is 1. The van der Waals surface area contributed by atoms with Gasteiger partial charge >= 0.3 is 0 Å². The Kier molecular flexibility index (Phi) is 6.30. The van der Waals surface area contributed by atoms with Crippen LogP contribution in [-0.4, -0.2) is 43.7 Å². The molecule has 2 heterocycles. The van der Waals surface area contributed by atoms with Crippen molar-refractivity contribution >= 4 is 27.5 Å². The number of halogens is 1. The van der Waals surface area contributed by atoms with Gasteiger partial charge in [0.05, 0.1) is 4.90 Å². The first-order valence-electron chi connectivity index (χ1n) is 10.7. The molecule has 0 saturated carbocycles. The van der Waals surface area contributed by atoms with Gasteiger partial charge in [0.1, 0.15) is 11.9 Å². The molecular weight excluding hydrogens is 433 g/mol. The highest BCUT2D eigenvalue weighted by Crippen LogP contribution is 2.35. The van der Waals surface area contributed by atoms with E-state index in [2.05, 4.69) is 5.32 Å². The lowest BCUT2D eigenvalue weighted by Crippen LogP contribution is -2.47. The second-order valence-electron chi connectivity index (χ2n) is 8.21. The first kappa shape index (κ1) is 22.4. The minimum atomic E-state index is -3.62. The third kappa shape index (κ3) is 4.40. The van der Waals surface area contributed by atoms with Crippen LogP contribution in [0.2, 0.25) is 0 Å². The molecule has 2 aliphatic heterocycles. The van der Waals surface area contributed by atoms with E-state index in [1.54, 1.807) is 24.3 Å². The maximum Gasteiger partial charge on any atom is 0.243 e. The van der Waals surface area contributed by atoms with Crippen molar-refractivity contribution in [3.05, 3.63) is 59.4 Å². The lowest BCUT2D eigenvalue weighted by atomic mass is 10.1. The van der Waals surface area contributed by atoms with Crippen LogP contribution in [0.4, 0.5) is 10.1 Å². The number of nitrogens with zero attached hydrogens (tertiary/aromatic N) is 2. The number of hydrogen-bond acceptors (Lipinski definition) is 4. The van der Waals surface area contributed by atoms with Gasteiger partial charge < -0.3 is 5.32 Å². The van der Waals surface area contributed by atoms with Crippen molar-refractivity contribution in [2.24, 2.45) is 0 Å². The van der Waals surface area contributed by atoms with Crippen LogP contribution >= 0.6 is 0 Å². The summed E-state index contributed by atoms with van der Waals surface area (Å²) >= 11 is 0. The fraction of sp³-hybridized carbons (Fsp3) is 0.391. The van der Waals surface area contributed by atoms with Crippen LogP contribution in [0.15, 0.2) is 47.4 Å². The minimum Gasteiger partial charge on any atom is -0.350 e. The van der Waals surface area contributed by atoms with E-state index in [9.17, 15) is 22.4 Å². The molecule has 0 aliphatic carbocycles. The van der Waals surface area contributed by atoms with E-state index in [0.29, 0.717) is 29.9 Å². The first-order chi connectivity index (χ1) is 15.3. The largest absolute Gasteiger partial charge is 0.350 e. The number of nitrogens with one attached hydrogen (secondary N) is 1. The minimum absolute atomic E-state index is 0.129. The molecule has 1 N–H and O–H groups in total. The van der Waals surface area contributed by atoms with Crippen molar-refractivity contribution in [3.63, 3.8) is 0 Å². The molecule has 2 aromatic carbocycles. The molecule has 7 nitrogen and oxygen atoms in total. The summed E-state index contributed by atoms with van der Waals surface area (Å²) in [7, 11) is -3.62. The quantitative estimate of drug-likeness (QED) is 0.745. The van der Waals surface area contributed by atoms with Gasteiger partial charge in [-0.05, 0) is 54.3 Å². The molecule has 0 spiro atoms. The van der Waals surface area contributed by atoms with Crippen molar-refractivity contribution < 1.29 is 22.4 Å². The van der Waals surface area contributed by atoms with Crippen LogP contribution in [0.5, 0.6) is 0 Å². The predicted octanol–water partition coefficient (Wildman–Crippen LogP) is 2.59. The molecule has 0 unspecified atom stereocenters. The van der Waals surface area contributed by atoms with Gasteiger partial charge in [0.2, 0.25) is 21.8 Å². The molecule has 0 bridgehead atoms. The monoisotopic (exact) mass is 459 g/mol. The number of piperidine rings is 1. The van der Waals surface area contributed by atoms with Crippen molar-refractivity contribution in [2.75, 3.05) is 18.0 Å². The zero-order valence-electron chi connectivity index (χ0n) is 17.9. The summed E-state index contributed by atoms with van der Waals surface area (Å²) in [5, 5.41) is 2.76. The molecule has 2 aromatic rings. The van der Waals surface area contributed by atoms with Gasteiger partial charge in [0, 0.05) is 38.7 Å². The molecule has 2 aliphatic rings. The Balaban J connectivity index is 1.55. The fourth-order valence-corrected chi connectivity index (χ4v) is 5.96. The van der Waals surface area contributed by atoms with Crippen LogP contribution in [0, 0.1) is 5.82 Å². The second kappa shape index (κ2) is 8.99. The highest BCUT2D eigenvalue weighted by Gasteiger charge is 2.38. The van der Waals surface area contributed by atoms with Crippen LogP contribution in [-0.2, 0) is 32.6 Å². The van der Waals surface area contributed by atoms with Crippen molar-refractivity contribution in [1.29, 1.82) is 0 Å². The van der Waals surface area contributed by atoms with Gasteiger partial charge in [0.15, 0.2) is 0 Å². The smallest absolute Gasteiger partial charge is 0.243 e. The first-order valence-corrected chi connectivity index (χ1v) is 12.2. The Labute approximate surface area is 187 Å². The molecular formula is C23H26FN3O4S. The van der Waals surface area contributed by atoms with Crippen LogP contribution < -0.4 is 10.2 Å². The summed E-state index contributed by atoms with van der Waals surface area (Å²) in [6.45, 7) is 2.51. The van der Waals surface area contributed by atoms with Crippen LogP contribution in [0.3, 0.4) is 0 Å². The van der Waals surface area contributed by atoms with Gasteiger partial charge in [-0.1, -0.05) is 18.6 Å². The number of fused-ring (bicyclic) bond motifs is 1. The molecule has 9 heteroatoms. The molecule has 0 aromatic heterocycles. The molecule has 170 valence electrons. The number of carbonyl (C=O) groups is 2. The Bertz CT molecular complexity index is 1150. The Hall–Kier alpha value is -2.78. The maximum absolute atomic E-state index is 13.4. The number of amides is 2. The number of rotatable bonds is 5. The van der Waals surface area contributed by atoms with E-state index in [0.717, 1.165) is 19.3 Å². The highest BCUT2D eigenvalue weighted by atomic mass is 32.2. The van der Waals surface area contributed by atoms with Crippen molar-refractivity contribution in [1.82, 2.24) is 9.62 Å². The average molecular weight is 460 g/mol. The number of carbonyl (C=O) groups excluding carboxylic acids is 2. The van der Waals surface area contributed by atoms with Gasteiger partial charge in [-0.25, -0.2) is 12.8 Å². The van der Waals surface area contributed by atoms with E-state index in [1.165, 1.54) is 34.3 Å². The van der Waals surface area contributed by atoms with Gasteiger partial charge in [-0.3, -0.25) is 14.5 Å². The zero-order chi connectivity index (χ0) is 22.9. The Morgan fingerprint density at radius 3 is 2.53 bits per heavy atom. The predicted molar refractivity (Wildman–Crippen MR) is 118 cm³/mol. The van der Waals surface area contributed by atoms with Crippen molar-refractivity contribution in [3.8, 4) is 0 Å². The van der Waals surface area contributed by atoms with E-state index >= 15 is 0 Å². The van der Waals surface area contributed by atoms with E-state index in [1.807, 2.05) is 0 Å². The molecule has 0 radical (unpaired) electrons. The highest BCUT2D eigenvalue weighted by molar-refractivity contribution is 7.89. The zero-order valence-corrected chi connectivity index (χ0v) is 18.7.